The van der Waals surface area contributed by atoms with Crippen molar-refractivity contribution in [2.75, 3.05) is 12.9 Å². The molecule has 3 heterocycles. The molecule has 1 atom stereocenters. The van der Waals surface area contributed by atoms with Crippen LogP contribution in [0, 0.1) is 19.8 Å². The van der Waals surface area contributed by atoms with Crippen LogP contribution in [0.15, 0.2) is 11.4 Å². The zero-order valence-corrected chi connectivity index (χ0v) is 18.6. The number of ketones is 1. The van der Waals surface area contributed by atoms with Gasteiger partial charge in [-0.05, 0) is 50.2 Å². The molecular weight excluding hydrogens is 406 g/mol. The van der Waals surface area contributed by atoms with Crippen LogP contribution in [0.4, 0.5) is 0 Å². The SMILES string of the molecule is COC(=O)c1c(C)[nH]c(C(=O)CSc2ncnc3sc4c(c23)CCC(C)C4)c1C. The Morgan fingerprint density at radius 2 is 2.14 bits per heavy atom. The number of Topliss-reactive ketones (excluding diaryl/α,β-unsaturated/α-hetero) is 1. The monoisotopic (exact) mass is 429 g/mol. The quantitative estimate of drug-likeness (QED) is 0.278. The summed E-state index contributed by atoms with van der Waals surface area (Å²) in [5, 5.41) is 1.98. The van der Waals surface area contributed by atoms with Crippen LogP contribution >= 0.6 is 23.1 Å². The summed E-state index contributed by atoms with van der Waals surface area (Å²) in [4.78, 5) is 39.3. The Labute approximate surface area is 177 Å². The maximum absolute atomic E-state index is 12.9. The van der Waals surface area contributed by atoms with Crippen molar-refractivity contribution in [3.63, 3.8) is 0 Å². The molecule has 0 bridgehead atoms. The van der Waals surface area contributed by atoms with Gasteiger partial charge in [0.05, 0.1) is 24.1 Å². The number of aromatic nitrogens is 3. The Hall–Kier alpha value is -2.19. The molecule has 0 saturated carbocycles. The molecule has 29 heavy (non-hydrogen) atoms. The van der Waals surface area contributed by atoms with Crippen LogP contribution in [0.3, 0.4) is 0 Å². The number of hydrogen-bond donors (Lipinski definition) is 1. The minimum atomic E-state index is -0.431. The number of aromatic amines is 1. The topological polar surface area (TPSA) is 84.9 Å². The van der Waals surface area contributed by atoms with Gasteiger partial charge in [0.25, 0.3) is 0 Å². The number of ether oxygens (including phenoxy) is 1. The van der Waals surface area contributed by atoms with Crippen LogP contribution in [-0.2, 0) is 17.6 Å². The number of fused-ring (bicyclic) bond motifs is 3. The Morgan fingerprint density at radius 3 is 2.90 bits per heavy atom. The number of thioether (sulfide) groups is 1. The maximum atomic E-state index is 12.9. The van der Waals surface area contributed by atoms with Gasteiger partial charge in [0, 0.05) is 16.0 Å². The van der Waals surface area contributed by atoms with E-state index < -0.39 is 5.97 Å². The molecule has 0 amide bonds. The van der Waals surface area contributed by atoms with Crippen LogP contribution in [0.25, 0.3) is 10.2 Å². The molecule has 1 aliphatic carbocycles. The number of hydrogen-bond acceptors (Lipinski definition) is 7. The standard InChI is InChI=1S/C21H23N3O3S2/c1-10-5-6-13-15(7-10)29-20-17(13)19(22-9-23-20)28-8-14(25)18-11(2)16(12(3)24-18)21(26)27-4/h9-10,24H,5-8H2,1-4H3. The minimum Gasteiger partial charge on any atom is -0.465 e. The third-order valence-corrected chi connectivity index (χ3v) is 7.65. The van der Waals surface area contributed by atoms with Crippen molar-refractivity contribution < 1.29 is 14.3 Å². The van der Waals surface area contributed by atoms with E-state index in [1.807, 2.05) is 0 Å². The fraction of sp³-hybridized carbons (Fsp3) is 0.429. The number of aryl methyl sites for hydroxylation is 2. The van der Waals surface area contributed by atoms with Crippen molar-refractivity contribution >= 4 is 45.1 Å². The Bertz CT molecular complexity index is 1120. The van der Waals surface area contributed by atoms with E-state index in [0.29, 0.717) is 28.4 Å². The van der Waals surface area contributed by atoms with Gasteiger partial charge in [-0.15, -0.1) is 11.3 Å². The molecule has 0 spiro atoms. The first-order chi connectivity index (χ1) is 13.9. The molecule has 1 aliphatic rings. The number of nitrogens with one attached hydrogen (secondary N) is 1. The van der Waals surface area contributed by atoms with Gasteiger partial charge in [-0.2, -0.15) is 0 Å². The van der Waals surface area contributed by atoms with Crippen LogP contribution in [0.2, 0.25) is 0 Å². The zero-order valence-electron chi connectivity index (χ0n) is 16.9. The van der Waals surface area contributed by atoms with Crippen molar-refractivity contribution in [2.45, 2.75) is 45.1 Å². The molecule has 8 heteroatoms. The summed E-state index contributed by atoms with van der Waals surface area (Å²) in [5.74, 6) is 0.452. The van der Waals surface area contributed by atoms with Crippen LogP contribution in [-0.4, -0.2) is 39.6 Å². The lowest BCUT2D eigenvalue weighted by Crippen LogP contribution is -2.09. The van der Waals surface area contributed by atoms with Crippen molar-refractivity contribution in [3.8, 4) is 0 Å². The number of rotatable bonds is 5. The second-order valence-corrected chi connectivity index (χ2v) is 9.59. The lowest BCUT2D eigenvalue weighted by molar-refractivity contribution is 0.0599. The minimum absolute atomic E-state index is 0.0600. The normalized spacial score (nSPS) is 16.1. The molecule has 3 aromatic heterocycles. The molecule has 1 N–H and O–H groups in total. The Kier molecular flexibility index (Phi) is 5.48. The van der Waals surface area contributed by atoms with Gasteiger partial charge in [0.1, 0.15) is 16.2 Å². The van der Waals surface area contributed by atoms with Gasteiger partial charge in [0.2, 0.25) is 0 Å². The lowest BCUT2D eigenvalue weighted by Gasteiger charge is -2.18. The molecule has 4 rings (SSSR count). The first-order valence-corrected chi connectivity index (χ1v) is 11.4. The molecule has 152 valence electrons. The van der Waals surface area contributed by atoms with E-state index in [1.165, 1.54) is 35.7 Å². The zero-order chi connectivity index (χ0) is 20.7. The molecule has 0 aliphatic heterocycles. The number of nitrogens with zero attached hydrogens (tertiary/aromatic N) is 2. The van der Waals surface area contributed by atoms with Gasteiger partial charge in [0.15, 0.2) is 5.78 Å². The van der Waals surface area contributed by atoms with Crippen molar-refractivity contribution in [1.82, 2.24) is 15.0 Å². The van der Waals surface area contributed by atoms with Gasteiger partial charge in [-0.3, -0.25) is 4.79 Å². The van der Waals surface area contributed by atoms with Crippen molar-refractivity contribution in [3.05, 3.63) is 39.3 Å². The van der Waals surface area contributed by atoms with E-state index in [9.17, 15) is 9.59 Å². The summed E-state index contributed by atoms with van der Waals surface area (Å²) >= 11 is 3.19. The number of thiophene rings is 1. The van der Waals surface area contributed by atoms with Gasteiger partial charge in [-0.1, -0.05) is 18.7 Å². The predicted octanol–water partition coefficient (Wildman–Crippen LogP) is 4.52. The summed E-state index contributed by atoms with van der Waals surface area (Å²) in [5.41, 5.74) is 3.54. The first kappa shape index (κ1) is 20.1. The van der Waals surface area contributed by atoms with Crippen molar-refractivity contribution in [2.24, 2.45) is 5.92 Å². The largest absolute Gasteiger partial charge is 0.465 e. The smallest absolute Gasteiger partial charge is 0.339 e. The first-order valence-electron chi connectivity index (χ1n) is 9.59. The summed E-state index contributed by atoms with van der Waals surface area (Å²) in [6.45, 7) is 5.83. The number of H-pyrrole nitrogens is 1. The Morgan fingerprint density at radius 1 is 1.34 bits per heavy atom. The van der Waals surface area contributed by atoms with Crippen LogP contribution in [0.1, 0.15) is 55.9 Å². The van der Waals surface area contributed by atoms with Crippen LogP contribution < -0.4 is 0 Å². The summed E-state index contributed by atoms with van der Waals surface area (Å²) in [6.07, 6.45) is 4.90. The molecule has 0 aromatic carbocycles. The fourth-order valence-electron chi connectivity index (χ4n) is 4.00. The van der Waals surface area contributed by atoms with E-state index in [4.69, 9.17) is 4.74 Å². The molecule has 6 nitrogen and oxygen atoms in total. The van der Waals surface area contributed by atoms with E-state index in [-0.39, 0.29) is 11.5 Å². The van der Waals surface area contributed by atoms with Gasteiger partial charge < -0.3 is 9.72 Å². The molecule has 1 unspecified atom stereocenters. The number of methoxy groups -OCH3 is 1. The van der Waals surface area contributed by atoms with Gasteiger partial charge >= 0.3 is 5.97 Å². The molecular formula is C21H23N3O3S2. The highest BCUT2D eigenvalue weighted by atomic mass is 32.2. The highest BCUT2D eigenvalue weighted by Gasteiger charge is 2.25. The van der Waals surface area contributed by atoms with E-state index in [2.05, 4.69) is 21.9 Å². The van der Waals surface area contributed by atoms with Crippen molar-refractivity contribution in [1.29, 1.82) is 0 Å². The highest BCUT2D eigenvalue weighted by Crippen LogP contribution is 2.40. The molecule has 0 saturated heterocycles. The number of esters is 1. The maximum Gasteiger partial charge on any atom is 0.339 e. The predicted molar refractivity (Wildman–Crippen MR) is 115 cm³/mol. The fourth-order valence-corrected chi connectivity index (χ4v) is 6.31. The average molecular weight is 430 g/mol. The average Bonchev–Trinajstić information content (AvgIpc) is 3.21. The highest BCUT2D eigenvalue weighted by molar-refractivity contribution is 8.00. The third kappa shape index (κ3) is 3.59. The third-order valence-electron chi connectivity index (χ3n) is 5.50. The van der Waals surface area contributed by atoms with E-state index >= 15 is 0 Å². The summed E-state index contributed by atoms with van der Waals surface area (Å²) < 4.78 is 4.83. The Balaban J connectivity index is 1.59. The summed E-state index contributed by atoms with van der Waals surface area (Å²) in [7, 11) is 1.34. The molecule has 3 aromatic rings. The summed E-state index contributed by atoms with van der Waals surface area (Å²) in [6, 6.07) is 0. The van der Waals surface area contributed by atoms with Crippen LogP contribution in [0.5, 0.6) is 0 Å². The second-order valence-electron chi connectivity index (χ2n) is 7.54. The van der Waals surface area contributed by atoms with E-state index in [1.54, 1.807) is 31.5 Å². The molecule has 0 fully saturated rings. The lowest BCUT2D eigenvalue weighted by atomic mass is 9.89. The number of carbonyl (C=O) groups excluding carboxylic acids is 2. The van der Waals surface area contributed by atoms with E-state index in [0.717, 1.165) is 28.1 Å². The second kappa shape index (κ2) is 7.91. The van der Waals surface area contributed by atoms with Gasteiger partial charge in [-0.25, -0.2) is 14.8 Å². The molecule has 0 radical (unpaired) electrons. The number of carbonyl (C=O) groups is 2.